The molecule has 0 atom stereocenters. The summed E-state index contributed by atoms with van der Waals surface area (Å²) in [5.74, 6) is 0. The van der Waals surface area contributed by atoms with Crippen LogP contribution < -0.4 is 4.90 Å². The van der Waals surface area contributed by atoms with Gasteiger partial charge in [-0.05, 0) is 99.8 Å². The summed E-state index contributed by atoms with van der Waals surface area (Å²) < 4.78 is 8.70. The number of para-hydroxylation sites is 5. The average molecular weight is 779 g/mol. The van der Waals surface area contributed by atoms with Gasteiger partial charge in [-0.15, -0.1) is 0 Å². The fourth-order valence-corrected chi connectivity index (χ4v) is 9.40. The van der Waals surface area contributed by atoms with Gasteiger partial charge in [0.25, 0.3) is 0 Å². The van der Waals surface area contributed by atoms with Crippen LogP contribution in [0.4, 0.5) is 17.1 Å². The van der Waals surface area contributed by atoms with E-state index in [-0.39, 0.29) is 0 Å². The van der Waals surface area contributed by atoms with Crippen molar-refractivity contribution in [3.8, 4) is 39.1 Å². The van der Waals surface area contributed by atoms with Gasteiger partial charge in [0.15, 0.2) is 0 Å². The molecule has 0 N–H and O–H groups in total. The molecule has 0 saturated heterocycles. The maximum absolute atomic E-state index is 6.29. The maximum atomic E-state index is 6.29. The molecular weight excluding hydrogens is 741 g/mol. The molecule has 0 aliphatic heterocycles. The van der Waals surface area contributed by atoms with E-state index in [1.165, 1.54) is 49.3 Å². The van der Waals surface area contributed by atoms with E-state index in [9.17, 15) is 0 Å². The normalized spacial score (nSPS) is 11.6. The molecule has 0 amide bonds. The smallest absolute Gasteiger partial charge is 0.135 e. The molecule has 0 unspecified atom stereocenters. The Morgan fingerprint density at radius 1 is 0.328 bits per heavy atom. The van der Waals surface area contributed by atoms with E-state index in [4.69, 9.17) is 4.42 Å². The van der Waals surface area contributed by atoms with Crippen molar-refractivity contribution in [3.63, 3.8) is 0 Å². The Labute approximate surface area is 353 Å². The van der Waals surface area contributed by atoms with Gasteiger partial charge >= 0.3 is 0 Å². The lowest BCUT2D eigenvalue weighted by Gasteiger charge is -2.28. The zero-order chi connectivity index (χ0) is 40.3. The van der Waals surface area contributed by atoms with E-state index in [2.05, 4.69) is 228 Å². The fourth-order valence-electron chi connectivity index (χ4n) is 9.40. The summed E-state index contributed by atoms with van der Waals surface area (Å²) in [6.45, 7) is 0. The van der Waals surface area contributed by atoms with Crippen molar-refractivity contribution >= 4 is 71.6 Å². The third-order valence-electron chi connectivity index (χ3n) is 12.2. The monoisotopic (exact) mass is 778 g/mol. The van der Waals surface area contributed by atoms with Crippen LogP contribution in [-0.4, -0.2) is 4.57 Å². The summed E-state index contributed by atoms with van der Waals surface area (Å²) in [5.41, 5.74) is 15.6. The number of rotatable bonds is 7. The van der Waals surface area contributed by atoms with E-state index < -0.39 is 0 Å². The predicted molar refractivity (Wildman–Crippen MR) is 257 cm³/mol. The molecule has 0 fully saturated rings. The molecular formula is C58H38N2O. The molecule has 286 valence electrons. The quantitative estimate of drug-likeness (QED) is 0.161. The number of nitrogens with zero attached hydrogens (tertiary/aromatic N) is 2. The minimum absolute atomic E-state index is 0.877. The SMILES string of the molecule is c1cc(-c2ccc(N(c3ccc4oc5ccccc5c4c3)c3ccccc3-c3cccc4ccccc34)cc2)cc(-c2ccccc2-n2c3ccccc3c3ccccc32)c1. The Balaban J connectivity index is 0.983. The number of aromatic nitrogens is 1. The number of hydrogen-bond donors (Lipinski definition) is 0. The summed E-state index contributed by atoms with van der Waals surface area (Å²) in [4.78, 5) is 2.39. The highest BCUT2D eigenvalue weighted by molar-refractivity contribution is 6.10. The Hall–Kier alpha value is -8.14. The first kappa shape index (κ1) is 34.9. The predicted octanol–water partition coefficient (Wildman–Crippen LogP) is 16.3. The van der Waals surface area contributed by atoms with Crippen molar-refractivity contribution in [1.29, 1.82) is 0 Å². The highest BCUT2D eigenvalue weighted by atomic mass is 16.3. The summed E-state index contributed by atoms with van der Waals surface area (Å²) in [7, 11) is 0. The molecule has 10 aromatic carbocycles. The second kappa shape index (κ2) is 14.3. The van der Waals surface area contributed by atoms with Gasteiger partial charge in [-0.2, -0.15) is 0 Å². The Bertz CT molecular complexity index is 3550. The number of benzene rings is 10. The second-order valence-electron chi connectivity index (χ2n) is 15.7. The van der Waals surface area contributed by atoms with E-state index >= 15 is 0 Å². The minimum atomic E-state index is 0.877. The van der Waals surface area contributed by atoms with Crippen molar-refractivity contribution in [3.05, 3.63) is 231 Å². The third kappa shape index (κ3) is 5.82. The van der Waals surface area contributed by atoms with Gasteiger partial charge in [0, 0.05) is 44.0 Å². The van der Waals surface area contributed by atoms with Crippen LogP contribution in [0.25, 0.3) is 93.6 Å². The molecule has 3 heteroatoms. The zero-order valence-electron chi connectivity index (χ0n) is 33.2. The third-order valence-corrected chi connectivity index (χ3v) is 12.2. The van der Waals surface area contributed by atoms with Crippen molar-refractivity contribution in [2.24, 2.45) is 0 Å². The van der Waals surface area contributed by atoms with Crippen LogP contribution in [0.1, 0.15) is 0 Å². The molecule has 12 aromatic rings. The Morgan fingerprint density at radius 3 is 1.72 bits per heavy atom. The van der Waals surface area contributed by atoms with Crippen molar-refractivity contribution in [2.45, 2.75) is 0 Å². The summed E-state index contributed by atoms with van der Waals surface area (Å²) in [6.07, 6.45) is 0. The molecule has 12 rings (SSSR count). The highest BCUT2D eigenvalue weighted by Crippen LogP contribution is 2.45. The standard InChI is InChI=1S/C58H38N2O/c1-2-19-45-40(15-1)16-14-25-47(45)48-21-4-9-27-54(48)59(44-35-36-58-52(38-44)51-24-7-12-30-57(51)61-58)43-33-31-39(32-34-43)41-17-13-18-42(37-41)46-20-3-8-26-53(46)60-55-28-10-5-22-49(55)50-23-6-11-29-56(50)60/h1-38H. The lowest BCUT2D eigenvalue weighted by atomic mass is 9.95. The number of fused-ring (bicyclic) bond motifs is 7. The van der Waals surface area contributed by atoms with E-state index in [0.29, 0.717) is 0 Å². The number of furan rings is 1. The average Bonchev–Trinajstić information content (AvgIpc) is 3.87. The van der Waals surface area contributed by atoms with Gasteiger partial charge in [0.2, 0.25) is 0 Å². The first-order valence-corrected chi connectivity index (χ1v) is 20.8. The summed E-state index contributed by atoms with van der Waals surface area (Å²) in [5, 5.41) is 7.16. The Kier molecular flexibility index (Phi) is 8.17. The number of anilines is 3. The Morgan fingerprint density at radius 2 is 0.902 bits per heavy atom. The number of hydrogen-bond acceptors (Lipinski definition) is 2. The van der Waals surface area contributed by atoms with Gasteiger partial charge in [0.05, 0.1) is 22.4 Å². The largest absolute Gasteiger partial charge is 0.456 e. The maximum Gasteiger partial charge on any atom is 0.135 e. The van der Waals surface area contributed by atoms with Crippen molar-refractivity contribution in [2.75, 3.05) is 4.90 Å². The minimum Gasteiger partial charge on any atom is -0.456 e. The first-order chi connectivity index (χ1) is 30.3. The molecule has 0 aliphatic rings. The van der Waals surface area contributed by atoms with Gasteiger partial charge in [0.1, 0.15) is 11.2 Å². The summed E-state index contributed by atoms with van der Waals surface area (Å²) >= 11 is 0. The molecule has 0 aliphatic carbocycles. The highest BCUT2D eigenvalue weighted by Gasteiger charge is 2.21. The van der Waals surface area contributed by atoms with Gasteiger partial charge in [-0.3, -0.25) is 0 Å². The second-order valence-corrected chi connectivity index (χ2v) is 15.7. The van der Waals surface area contributed by atoms with E-state index in [0.717, 1.165) is 61.4 Å². The topological polar surface area (TPSA) is 21.3 Å². The molecule has 0 radical (unpaired) electrons. The van der Waals surface area contributed by atoms with E-state index in [1.54, 1.807) is 0 Å². The molecule has 2 heterocycles. The summed E-state index contributed by atoms with van der Waals surface area (Å²) in [6, 6.07) is 83.0. The first-order valence-electron chi connectivity index (χ1n) is 20.8. The van der Waals surface area contributed by atoms with Gasteiger partial charge in [-0.1, -0.05) is 164 Å². The molecule has 0 saturated carbocycles. The molecule has 0 bridgehead atoms. The van der Waals surface area contributed by atoms with Crippen LogP contribution in [0.3, 0.4) is 0 Å². The van der Waals surface area contributed by atoms with Crippen LogP contribution in [0.5, 0.6) is 0 Å². The lowest BCUT2D eigenvalue weighted by Crippen LogP contribution is -2.11. The van der Waals surface area contributed by atoms with Crippen LogP contribution in [0, 0.1) is 0 Å². The van der Waals surface area contributed by atoms with Crippen LogP contribution in [0.15, 0.2) is 235 Å². The van der Waals surface area contributed by atoms with Crippen molar-refractivity contribution < 1.29 is 4.42 Å². The van der Waals surface area contributed by atoms with Crippen LogP contribution in [-0.2, 0) is 0 Å². The van der Waals surface area contributed by atoms with Gasteiger partial charge in [-0.25, -0.2) is 0 Å². The molecule has 3 nitrogen and oxygen atoms in total. The lowest BCUT2D eigenvalue weighted by molar-refractivity contribution is 0.669. The van der Waals surface area contributed by atoms with E-state index in [1.807, 2.05) is 12.1 Å². The molecule has 2 aromatic heterocycles. The van der Waals surface area contributed by atoms with Crippen molar-refractivity contribution in [1.82, 2.24) is 4.57 Å². The molecule has 0 spiro atoms. The fraction of sp³-hybridized carbons (Fsp3) is 0. The van der Waals surface area contributed by atoms with Crippen LogP contribution in [0.2, 0.25) is 0 Å². The van der Waals surface area contributed by atoms with Crippen LogP contribution >= 0.6 is 0 Å². The molecule has 61 heavy (non-hydrogen) atoms. The van der Waals surface area contributed by atoms with Gasteiger partial charge < -0.3 is 13.9 Å². The zero-order valence-corrected chi connectivity index (χ0v) is 33.2.